The molecule has 1 saturated carbocycles. The number of halogens is 1. The van der Waals surface area contributed by atoms with Gasteiger partial charge in [-0.2, -0.15) is 0 Å². The van der Waals surface area contributed by atoms with Gasteiger partial charge in [0.05, 0.1) is 6.42 Å². The van der Waals surface area contributed by atoms with Crippen LogP contribution in [0.25, 0.3) is 0 Å². The van der Waals surface area contributed by atoms with Gasteiger partial charge in [0.15, 0.2) is 0 Å². The van der Waals surface area contributed by atoms with E-state index in [-0.39, 0.29) is 19.1 Å². The smallest absolute Gasteiger partial charge is 0.307 e. The zero-order valence-electron chi connectivity index (χ0n) is 13.1. The first-order valence-corrected chi connectivity index (χ1v) is 9.30. The Hall–Kier alpha value is -1.47. The molecular formula is C16H22FNO4S. The van der Waals surface area contributed by atoms with Gasteiger partial charge in [0.1, 0.15) is 16.8 Å². The third kappa shape index (κ3) is 5.28. The largest absolute Gasteiger partial charge is 0.462 e. The SMILES string of the molecule is CC1CCCC(OC(=O)CCNS(=O)(=O)c2ccccc2F)C1. The Morgan fingerprint density at radius 2 is 2.09 bits per heavy atom. The van der Waals surface area contributed by atoms with Crippen LogP contribution < -0.4 is 4.72 Å². The Bertz CT molecular complexity index is 647. The van der Waals surface area contributed by atoms with Crippen molar-refractivity contribution in [2.45, 2.75) is 50.0 Å². The predicted octanol–water partition coefficient (Wildman–Crippen LogP) is 2.62. The third-order valence-corrected chi connectivity index (χ3v) is 5.43. The van der Waals surface area contributed by atoms with Crippen molar-refractivity contribution in [1.29, 1.82) is 0 Å². The lowest BCUT2D eigenvalue weighted by Crippen LogP contribution is -2.29. The highest BCUT2D eigenvalue weighted by atomic mass is 32.2. The summed E-state index contributed by atoms with van der Waals surface area (Å²) >= 11 is 0. The number of carbonyl (C=O) groups excluding carboxylic acids is 1. The van der Waals surface area contributed by atoms with E-state index in [0.29, 0.717) is 5.92 Å². The fraction of sp³-hybridized carbons (Fsp3) is 0.562. The van der Waals surface area contributed by atoms with Crippen molar-refractivity contribution in [2.24, 2.45) is 5.92 Å². The molecule has 128 valence electrons. The minimum Gasteiger partial charge on any atom is -0.462 e. The topological polar surface area (TPSA) is 72.5 Å². The van der Waals surface area contributed by atoms with Gasteiger partial charge in [0.25, 0.3) is 0 Å². The van der Waals surface area contributed by atoms with Crippen LogP contribution in [-0.2, 0) is 19.6 Å². The molecule has 2 atom stereocenters. The molecular weight excluding hydrogens is 321 g/mol. The van der Waals surface area contributed by atoms with Crippen LogP contribution in [0, 0.1) is 11.7 Å². The highest BCUT2D eigenvalue weighted by Gasteiger charge is 2.23. The van der Waals surface area contributed by atoms with Gasteiger partial charge in [-0.25, -0.2) is 17.5 Å². The molecule has 1 aliphatic carbocycles. The van der Waals surface area contributed by atoms with Crippen molar-refractivity contribution in [2.75, 3.05) is 6.54 Å². The Balaban J connectivity index is 1.80. The summed E-state index contributed by atoms with van der Waals surface area (Å²) in [5.74, 6) is -0.708. The zero-order valence-corrected chi connectivity index (χ0v) is 13.9. The van der Waals surface area contributed by atoms with Crippen LogP contribution in [0.15, 0.2) is 29.2 Å². The molecule has 1 aromatic rings. The molecule has 2 rings (SSSR count). The van der Waals surface area contributed by atoms with E-state index in [4.69, 9.17) is 4.74 Å². The molecule has 1 N–H and O–H groups in total. The second-order valence-electron chi connectivity index (χ2n) is 5.96. The van der Waals surface area contributed by atoms with E-state index in [1.807, 2.05) is 0 Å². The van der Waals surface area contributed by atoms with Crippen LogP contribution in [0.3, 0.4) is 0 Å². The number of carbonyl (C=O) groups is 1. The number of esters is 1. The molecule has 1 aromatic carbocycles. The number of sulfonamides is 1. The summed E-state index contributed by atoms with van der Waals surface area (Å²) in [4.78, 5) is 11.4. The highest BCUT2D eigenvalue weighted by molar-refractivity contribution is 7.89. The van der Waals surface area contributed by atoms with E-state index in [9.17, 15) is 17.6 Å². The first kappa shape index (κ1) is 17.9. The molecule has 5 nitrogen and oxygen atoms in total. The highest BCUT2D eigenvalue weighted by Crippen LogP contribution is 2.25. The second-order valence-corrected chi connectivity index (χ2v) is 7.70. The Morgan fingerprint density at radius 3 is 2.78 bits per heavy atom. The summed E-state index contributed by atoms with van der Waals surface area (Å²) in [6.45, 7) is 2.01. The molecule has 0 heterocycles. The van der Waals surface area contributed by atoms with Gasteiger partial charge in [-0.15, -0.1) is 0 Å². The Kier molecular flexibility index (Phi) is 6.12. The van der Waals surface area contributed by atoms with Crippen molar-refractivity contribution in [3.8, 4) is 0 Å². The summed E-state index contributed by atoms with van der Waals surface area (Å²) < 4.78 is 45.0. The quantitative estimate of drug-likeness (QED) is 0.806. The molecule has 1 fully saturated rings. The van der Waals surface area contributed by atoms with Crippen LogP contribution in [0.4, 0.5) is 4.39 Å². The summed E-state index contributed by atoms with van der Waals surface area (Å²) in [6.07, 6.45) is 3.76. The zero-order chi connectivity index (χ0) is 16.9. The number of nitrogens with one attached hydrogen (secondary N) is 1. The molecule has 0 spiro atoms. The molecule has 0 amide bonds. The Labute approximate surface area is 136 Å². The Morgan fingerprint density at radius 1 is 1.35 bits per heavy atom. The average Bonchev–Trinajstić information content (AvgIpc) is 2.47. The van der Waals surface area contributed by atoms with E-state index in [1.165, 1.54) is 18.2 Å². The number of rotatable bonds is 6. The van der Waals surface area contributed by atoms with Gasteiger partial charge in [-0.3, -0.25) is 4.79 Å². The van der Waals surface area contributed by atoms with Crippen molar-refractivity contribution >= 4 is 16.0 Å². The van der Waals surface area contributed by atoms with Crippen LogP contribution in [0.2, 0.25) is 0 Å². The van der Waals surface area contributed by atoms with Crippen molar-refractivity contribution in [3.05, 3.63) is 30.1 Å². The second kappa shape index (κ2) is 7.88. The molecule has 2 unspecified atom stereocenters. The van der Waals surface area contributed by atoms with E-state index in [2.05, 4.69) is 11.6 Å². The van der Waals surface area contributed by atoms with Gasteiger partial charge in [0, 0.05) is 6.54 Å². The first-order valence-electron chi connectivity index (χ1n) is 7.82. The molecule has 0 bridgehead atoms. The molecule has 0 saturated heterocycles. The third-order valence-electron chi connectivity index (χ3n) is 3.93. The van der Waals surface area contributed by atoms with Crippen LogP contribution in [0.1, 0.15) is 39.0 Å². The normalized spacial score (nSPS) is 21.8. The first-order chi connectivity index (χ1) is 10.9. The summed E-state index contributed by atoms with van der Waals surface area (Å²) in [5, 5.41) is 0. The minimum atomic E-state index is -3.96. The van der Waals surface area contributed by atoms with E-state index in [0.717, 1.165) is 31.7 Å². The van der Waals surface area contributed by atoms with E-state index >= 15 is 0 Å². The van der Waals surface area contributed by atoms with Crippen molar-refractivity contribution < 1.29 is 22.3 Å². The number of hydrogen-bond donors (Lipinski definition) is 1. The van der Waals surface area contributed by atoms with E-state index in [1.54, 1.807) is 0 Å². The van der Waals surface area contributed by atoms with Crippen LogP contribution >= 0.6 is 0 Å². The lowest BCUT2D eigenvalue weighted by atomic mass is 9.89. The molecule has 1 aliphatic rings. The fourth-order valence-corrected chi connectivity index (χ4v) is 3.87. The minimum absolute atomic E-state index is 0.0709. The van der Waals surface area contributed by atoms with Gasteiger partial charge in [-0.05, 0) is 37.3 Å². The monoisotopic (exact) mass is 343 g/mol. The van der Waals surface area contributed by atoms with E-state index < -0.39 is 26.7 Å². The fourth-order valence-electron chi connectivity index (χ4n) is 2.76. The predicted molar refractivity (Wildman–Crippen MR) is 83.7 cm³/mol. The average molecular weight is 343 g/mol. The molecule has 0 aliphatic heterocycles. The lowest BCUT2D eigenvalue weighted by molar-refractivity contribution is -0.150. The van der Waals surface area contributed by atoms with Crippen LogP contribution in [0.5, 0.6) is 0 Å². The molecule has 0 aromatic heterocycles. The van der Waals surface area contributed by atoms with Gasteiger partial charge in [0.2, 0.25) is 10.0 Å². The molecule has 0 radical (unpaired) electrons. The van der Waals surface area contributed by atoms with Gasteiger partial charge in [-0.1, -0.05) is 25.5 Å². The summed E-state index contributed by atoms with van der Waals surface area (Å²) in [5.41, 5.74) is 0. The van der Waals surface area contributed by atoms with Crippen LogP contribution in [-0.4, -0.2) is 27.0 Å². The van der Waals surface area contributed by atoms with Crippen molar-refractivity contribution in [1.82, 2.24) is 4.72 Å². The maximum atomic E-state index is 13.5. The number of benzene rings is 1. The van der Waals surface area contributed by atoms with Crippen molar-refractivity contribution in [3.63, 3.8) is 0 Å². The molecule has 7 heteroatoms. The summed E-state index contributed by atoms with van der Waals surface area (Å²) in [7, 11) is -3.96. The van der Waals surface area contributed by atoms with Gasteiger partial charge >= 0.3 is 5.97 Å². The molecule has 23 heavy (non-hydrogen) atoms. The standard InChI is InChI=1S/C16H22FNO4S/c1-12-5-4-6-13(11-12)22-16(19)9-10-18-23(20,21)15-8-3-2-7-14(15)17/h2-3,7-8,12-13,18H,4-6,9-11H2,1H3. The number of ether oxygens (including phenoxy) is 1. The maximum Gasteiger partial charge on any atom is 0.307 e. The maximum absolute atomic E-state index is 13.5. The lowest BCUT2D eigenvalue weighted by Gasteiger charge is -2.26. The summed E-state index contributed by atoms with van der Waals surface area (Å²) in [6, 6.07) is 5.11. The number of hydrogen-bond acceptors (Lipinski definition) is 4. The van der Waals surface area contributed by atoms with Gasteiger partial charge < -0.3 is 4.74 Å².